The van der Waals surface area contributed by atoms with Crippen molar-refractivity contribution in [3.05, 3.63) is 77.9 Å². The minimum Gasteiger partial charge on any atom is -0.354 e. The summed E-state index contributed by atoms with van der Waals surface area (Å²) in [4.78, 5) is 30.4. The zero-order valence-electron chi connectivity index (χ0n) is 12.6. The molecule has 3 aromatic carbocycles. The lowest BCUT2D eigenvalue weighted by Gasteiger charge is -2.13. The number of aromatic amines is 1. The average molecular weight is 312 g/mol. The standard InChI is InChI=1S/C20H12N2O2/c23-19-14-10-11-16-17(13-8-4-5-9-15(13)21-16)18(14)20(24)22(19)12-6-2-1-3-7-12/h1-11,21H. The van der Waals surface area contributed by atoms with Crippen molar-refractivity contribution in [2.45, 2.75) is 0 Å². The van der Waals surface area contributed by atoms with Crippen LogP contribution in [0.4, 0.5) is 5.69 Å². The van der Waals surface area contributed by atoms with Crippen molar-refractivity contribution in [2.24, 2.45) is 0 Å². The van der Waals surface area contributed by atoms with Gasteiger partial charge < -0.3 is 4.98 Å². The Kier molecular flexibility index (Phi) is 2.48. The molecule has 0 unspecified atom stereocenters. The van der Waals surface area contributed by atoms with Gasteiger partial charge >= 0.3 is 0 Å². The Morgan fingerprint density at radius 2 is 1.46 bits per heavy atom. The van der Waals surface area contributed by atoms with Gasteiger partial charge in [-0.1, -0.05) is 36.4 Å². The first-order valence-corrected chi connectivity index (χ1v) is 7.73. The molecule has 0 bridgehead atoms. The van der Waals surface area contributed by atoms with Crippen molar-refractivity contribution < 1.29 is 9.59 Å². The number of imide groups is 1. The van der Waals surface area contributed by atoms with Crippen LogP contribution in [0.2, 0.25) is 0 Å². The van der Waals surface area contributed by atoms with Crippen LogP contribution in [-0.2, 0) is 0 Å². The fourth-order valence-electron chi connectivity index (χ4n) is 3.48. The SMILES string of the molecule is O=C1c2ccc3[nH]c4ccccc4c3c2C(=O)N1c1ccccc1. The number of para-hydroxylation sites is 2. The molecular weight excluding hydrogens is 300 g/mol. The van der Waals surface area contributed by atoms with Crippen LogP contribution in [0.15, 0.2) is 66.7 Å². The summed E-state index contributed by atoms with van der Waals surface area (Å²) in [5.41, 5.74) is 3.36. The highest BCUT2D eigenvalue weighted by Gasteiger charge is 2.38. The van der Waals surface area contributed by atoms with Crippen LogP contribution in [0.3, 0.4) is 0 Å². The van der Waals surface area contributed by atoms with E-state index in [9.17, 15) is 9.59 Å². The van der Waals surface area contributed by atoms with E-state index in [1.54, 1.807) is 18.2 Å². The van der Waals surface area contributed by atoms with E-state index in [1.165, 1.54) is 4.90 Å². The third kappa shape index (κ3) is 1.57. The van der Waals surface area contributed by atoms with Gasteiger partial charge in [0.15, 0.2) is 0 Å². The number of aromatic nitrogens is 1. The molecule has 5 rings (SSSR count). The molecule has 0 aliphatic carbocycles. The summed E-state index contributed by atoms with van der Waals surface area (Å²) in [5, 5.41) is 1.78. The van der Waals surface area contributed by atoms with Crippen LogP contribution in [0.5, 0.6) is 0 Å². The number of fused-ring (bicyclic) bond motifs is 5. The van der Waals surface area contributed by atoms with Crippen molar-refractivity contribution >= 4 is 39.3 Å². The molecule has 1 aliphatic rings. The maximum atomic E-state index is 13.1. The number of nitrogens with zero attached hydrogens (tertiary/aromatic N) is 1. The predicted octanol–water partition coefficient (Wildman–Crippen LogP) is 4.12. The van der Waals surface area contributed by atoms with E-state index < -0.39 is 0 Å². The molecule has 4 heteroatoms. The van der Waals surface area contributed by atoms with Crippen molar-refractivity contribution in [1.82, 2.24) is 4.98 Å². The molecule has 0 saturated heterocycles. The Morgan fingerprint density at radius 3 is 2.29 bits per heavy atom. The molecule has 2 heterocycles. The molecule has 0 fully saturated rings. The quantitative estimate of drug-likeness (QED) is 0.537. The van der Waals surface area contributed by atoms with E-state index in [0.717, 1.165) is 21.8 Å². The Balaban J connectivity index is 1.83. The summed E-state index contributed by atoms with van der Waals surface area (Å²) in [5.74, 6) is -0.537. The van der Waals surface area contributed by atoms with Crippen molar-refractivity contribution in [1.29, 1.82) is 0 Å². The molecule has 2 amide bonds. The highest BCUT2D eigenvalue weighted by atomic mass is 16.2. The van der Waals surface area contributed by atoms with E-state index in [2.05, 4.69) is 4.98 Å². The molecular formula is C20H12N2O2. The third-order valence-corrected chi connectivity index (χ3v) is 4.54. The van der Waals surface area contributed by atoms with Gasteiger partial charge in [-0.25, -0.2) is 4.90 Å². The first-order chi connectivity index (χ1) is 11.8. The first kappa shape index (κ1) is 13.1. The molecule has 24 heavy (non-hydrogen) atoms. The monoisotopic (exact) mass is 312 g/mol. The van der Waals surface area contributed by atoms with Crippen LogP contribution in [0.25, 0.3) is 21.8 Å². The zero-order valence-corrected chi connectivity index (χ0v) is 12.6. The summed E-state index contributed by atoms with van der Waals surface area (Å²) in [7, 11) is 0. The van der Waals surface area contributed by atoms with E-state index in [0.29, 0.717) is 16.8 Å². The zero-order chi connectivity index (χ0) is 16.3. The van der Waals surface area contributed by atoms with Crippen LogP contribution in [0, 0.1) is 0 Å². The van der Waals surface area contributed by atoms with Gasteiger partial charge in [-0.15, -0.1) is 0 Å². The van der Waals surface area contributed by atoms with Gasteiger partial charge in [0.2, 0.25) is 0 Å². The number of hydrogen-bond donors (Lipinski definition) is 1. The molecule has 0 saturated carbocycles. The normalized spacial score (nSPS) is 13.9. The molecule has 1 N–H and O–H groups in total. The molecule has 114 valence electrons. The van der Waals surface area contributed by atoms with Gasteiger partial charge in [-0.2, -0.15) is 0 Å². The second-order valence-electron chi connectivity index (χ2n) is 5.86. The first-order valence-electron chi connectivity index (χ1n) is 7.73. The number of H-pyrrole nitrogens is 1. The Hall–Kier alpha value is -3.40. The molecule has 4 nitrogen and oxygen atoms in total. The fourth-order valence-corrected chi connectivity index (χ4v) is 3.48. The summed E-state index contributed by atoms with van der Waals surface area (Å²) >= 11 is 0. The van der Waals surface area contributed by atoms with Crippen molar-refractivity contribution in [3.8, 4) is 0 Å². The van der Waals surface area contributed by atoms with Gasteiger partial charge in [0.1, 0.15) is 0 Å². The van der Waals surface area contributed by atoms with Crippen LogP contribution in [-0.4, -0.2) is 16.8 Å². The number of hydrogen-bond acceptors (Lipinski definition) is 2. The number of benzene rings is 3. The highest BCUT2D eigenvalue weighted by Crippen LogP contribution is 2.36. The fraction of sp³-hybridized carbons (Fsp3) is 0. The smallest absolute Gasteiger partial charge is 0.266 e. The maximum absolute atomic E-state index is 13.1. The van der Waals surface area contributed by atoms with Crippen molar-refractivity contribution in [2.75, 3.05) is 4.90 Å². The van der Waals surface area contributed by atoms with Crippen LogP contribution < -0.4 is 4.90 Å². The van der Waals surface area contributed by atoms with Crippen LogP contribution >= 0.6 is 0 Å². The molecule has 1 aromatic heterocycles. The molecule has 4 aromatic rings. The summed E-state index contributed by atoms with van der Waals surface area (Å²) in [6.07, 6.45) is 0. The third-order valence-electron chi connectivity index (χ3n) is 4.54. The topological polar surface area (TPSA) is 53.2 Å². The number of carbonyl (C=O) groups is 2. The summed E-state index contributed by atoms with van der Waals surface area (Å²) < 4.78 is 0. The molecule has 1 aliphatic heterocycles. The number of nitrogens with one attached hydrogen (secondary N) is 1. The van der Waals surface area contributed by atoms with Gasteiger partial charge in [0.05, 0.1) is 16.8 Å². The van der Waals surface area contributed by atoms with Crippen LogP contribution in [0.1, 0.15) is 20.7 Å². The van der Waals surface area contributed by atoms with Gasteiger partial charge in [0, 0.05) is 21.8 Å². The summed E-state index contributed by atoms with van der Waals surface area (Å²) in [6.45, 7) is 0. The van der Waals surface area contributed by atoms with Gasteiger partial charge in [-0.3, -0.25) is 9.59 Å². The highest BCUT2D eigenvalue weighted by molar-refractivity contribution is 6.39. The number of amides is 2. The molecule has 0 spiro atoms. The second kappa shape index (κ2) is 4.55. The second-order valence-corrected chi connectivity index (χ2v) is 5.86. The lowest BCUT2D eigenvalue weighted by molar-refractivity contribution is 0.0926. The largest absolute Gasteiger partial charge is 0.354 e. The Bertz CT molecular complexity index is 1140. The van der Waals surface area contributed by atoms with E-state index in [1.807, 2.05) is 48.5 Å². The van der Waals surface area contributed by atoms with Crippen molar-refractivity contribution in [3.63, 3.8) is 0 Å². The number of anilines is 1. The van der Waals surface area contributed by atoms with Gasteiger partial charge in [0.25, 0.3) is 11.8 Å². The van der Waals surface area contributed by atoms with E-state index in [4.69, 9.17) is 0 Å². The maximum Gasteiger partial charge on any atom is 0.266 e. The number of carbonyl (C=O) groups excluding carboxylic acids is 2. The predicted molar refractivity (Wildman–Crippen MR) is 93.4 cm³/mol. The Morgan fingerprint density at radius 1 is 0.708 bits per heavy atom. The average Bonchev–Trinajstić information content (AvgIpc) is 3.11. The minimum atomic E-state index is -0.270. The van der Waals surface area contributed by atoms with E-state index in [-0.39, 0.29) is 11.8 Å². The Labute approximate surface area is 137 Å². The lowest BCUT2D eigenvalue weighted by Crippen LogP contribution is -2.29. The lowest BCUT2D eigenvalue weighted by atomic mass is 10.0. The van der Waals surface area contributed by atoms with E-state index >= 15 is 0 Å². The number of rotatable bonds is 1. The minimum absolute atomic E-state index is 0.267. The van der Waals surface area contributed by atoms with Gasteiger partial charge in [-0.05, 0) is 30.3 Å². The molecule has 0 atom stereocenters. The summed E-state index contributed by atoms with van der Waals surface area (Å²) in [6, 6.07) is 20.5. The molecule has 0 radical (unpaired) electrons.